The molecule has 2 rings (SSSR count). The van der Waals surface area contributed by atoms with Crippen molar-refractivity contribution in [2.75, 3.05) is 4.72 Å². The molecule has 7 nitrogen and oxygen atoms in total. The maximum absolute atomic E-state index is 12.0. The summed E-state index contributed by atoms with van der Waals surface area (Å²) in [5.41, 5.74) is 0.0923. The molecule has 0 spiro atoms. The highest BCUT2D eigenvalue weighted by Crippen LogP contribution is 2.28. The van der Waals surface area contributed by atoms with Gasteiger partial charge in [-0.3, -0.25) is 4.72 Å². The smallest absolute Gasteiger partial charge is 0.280 e. The first-order valence-corrected chi connectivity index (χ1v) is 9.51. The number of benzene rings is 1. The van der Waals surface area contributed by atoms with Gasteiger partial charge in [0.1, 0.15) is 4.90 Å². The van der Waals surface area contributed by atoms with Crippen molar-refractivity contribution in [3.8, 4) is 0 Å². The normalized spacial score (nSPS) is 12.3. The predicted molar refractivity (Wildman–Crippen MR) is 78.5 cm³/mol. The van der Waals surface area contributed by atoms with Gasteiger partial charge >= 0.3 is 0 Å². The van der Waals surface area contributed by atoms with Crippen molar-refractivity contribution in [1.29, 1.82) is 0 Å². The van der Waals surface area contributed by atoms with Crippen molar-refractivity contribution in [3.63, 3.8) is 0 Å². The van der Waals surface area contributed by atoms with E-state index in [0.717, 1.165) is 12.1 Å². The summed E-state index contributed by atoms with van der Waals surface area (Å²) in [7, 11) is -1.06. The molecule has 0 atom stereocenters. The summed E-state index contributed by atoms with van der Waals surface area (Å²) < 4.78 is 50.2. The Morgan fingerprint density at radius 2 is 1.90 bits per heavy atom. The van der Waals surface area contributed by atoms with Gasteiger partial charge in [-0.2, -0.15) is 8.42 Å². The maximum atomic E-state index is 12.0. The highest BCUT2D eigenvalue weighted by molar-refractivity contribution is 8.13. The quantitative estimate of drug-likeness (QED) is 0.828. The van der Waals surface area contributed by atoms with Crippen LogP contribution in [0.25, 0.3) is 0 Å². The van der Waals surface area contributed by atoms with Crippen molar-refractivity contribution in [2.24, 2.45) is 7.05 Å². The minimum absolute atomic E-state index is 0.0923. The molecule has 21 heavy (non-hydrogen) atoms. The molecule has 0 amide bonds. The molecule has 0 radical (unpaired) electrons. The molecule has 0 fully saturated rings. The Kier molecular flexibility index (Phi) is 4.20. The number of nitrogens with zero attached hydrogens (tertiary/aromatic N) is 2. The third kappa shape index (κ3) is 3.67. The van der Waals surface area contributed by atoms with Crippen LogP contribution in [0.3, 0.4) is 0 Å². The zero-order valence-corrected chi connectivity index (χ0v) is 13.6. The number of hydrogen-bond donors (Lipinski definition) is 1. The maximum Gasteiger partial charge on any atom is 0.280 e. The number of imidazole rings is 1. The zero-order chi connectivity index (χ0) is 15.8. The molecule has 1 N–H and O–H groups in total. The van der Waals surface area contributed by atoms with Crippen LogP contribution >= 0.6 is 22.3 Å². The lowest BCUT2D eigenvalue weighted by molar-refractivity contribution is 0.598. The predicted octanol–water partition coefficient (Wildman–Crippen LogP) is 1.80. The lowest BCUT2D eigenvalue weighted by Gasteiger charge is -2.07. The van der Waals surface area contributed by atoms with Crippen LogP contribution in [-0.4, -0.2) is 26.4 Å². The molecule has 1 aromatic carbocycles. The number of nitrogens with one attached hydrogen (secondary N) is 1. The van der Waals surface area contributed by atoms with Crippen LogP contribution in [-0.2, 0) is 26.1 Å². The van der Waals surface area contributed by atoms with Gasteiger partial charge in [0.15, 0.2) is 5.03 Å². The molecule has 0 aliphatic heterocycles. The van der Waals surface area contributed by atoms with Gasteiger partial charge in [0.2, 0.25) is 0 Å². The van der Waals surface area contributed by atoms with E-state index in [1.54, 1.807) is 7.05 Å². The molecule has 11 heteroatoms. The van der Waals surface area contributed by atoms with Crippen LogP contribution in [0, 0.1) is 0 Å². The van der Waals surface area contributed by atoms with E-state index in [-0.39, 0.29) is 20.6 Å². The van der Waals surface area contributed by atoms with Gasteiger partial charge in [0.25, 0.3) is 19.1 Å². The third-order valence-corrected chi connectivity index (χ3v) is 5.47. The summed E-state index contributed by atoms with van der Waals surface area (Å²) in [6, 6.07) is 3.50. The summed E-state index contributed by atoms with van der Waals surface area (Å²) in [5, 5.41) is -0.360. The minimum Gasteiger partial charge on any atom is -0.339 e. The molecular formula is C10H9Cl2N3O4S2. The first-order chi connectivity index (χ1) is 9.59. The molecule has 2 aromatic rings. The van der Waals surface area contributed by atoms with Crippen molar-refractivity contribution >= 4 is 47.0 Å². The first-order valence-electron chi connectivity index (χ1n) is 5.34. The van der Waals surface area contributed by atoms with E-state index >= 15 is 0 Å². The SMILES string of the molecule is Cn1cnc(S(=O)(=O)Nc2ccc(S(=O)(=O)Cl)c(Cl)c2)c1. The number of aryl methyl sites for hydroxylation is 1. The van der Waals surface area contributed by atoms with Crippen LogP contribution in [0.15, 0.2) is 40.6 Å². The second-order valence-corrected chi connectivity index (χ2v) is 8.64. The van der Waals surface area contributed by atoms with E-state index in [9.17, 15) is 16.8 Å². The molecule has 0 saturated heterocycles. The Morgan fingerprint density at radius 3 is 2.38 bits per heavy atom. The van der Waals surface area contributed by atoms with E-state index in [2.05, 4.69) is 9.71 Å². The minimum atomic E-state index is -4.00. The van der Waals surface area contributed by atoms with Crippen LogP contribution in [0.4, 0.5) is 5.69 Å². The molecular weight excluding hydrogens is 361 g/mol. The fourth-order valence-electron chi connectivity index (χ4n) is 1.50. The zero-order valence-electron chi connectivity index (χ0n) is 10.5. The number of halogens is 2. The Hall–Kier alpha value is -1.29. The largest absolute Gasteiger partial charge is 0.339 e. The van der Waals surface area contributed by atoms with E-state index in [4.69, 9.17) is 22.3 Å². The molecule has 0 unspecified atom stereocenters. The summed E-state index contributed by atoms with van der Waals surface area (Å²) in [4.78, 5) is 3.43. The highest BCUT2D eigenvalue weighted by Gasteiger charge is 2.19. The van der Waals surface area contributed by atoms with Gasteiger partial charge in [-0.1, -0.05) is 11.6 Å². The molecule has 0 saturated carbocycles. The third-order valence-electron chi connectivity index (χ3n) is 2.40. The van der Waals surface area contributed by atoms with Crippen molar-refractivity contribution in [2.45, 2.75) is 9.92 Å². The summed E-state index contributed by atoms with van der Waals surface area (Å²) in [5.74, 6) is 0. The van der Waals surface area contributed by atoms with Crippen molar-refractivity contribution in [1.82, 2.24) is 9.55 Å². The van der Waals surface area contributed by atoms with E-state index in [1.165, 1.54) is 23.2 Å². The standard InChI is InChI=1S/C10H9Cl2N3O4S2/c1-15-5-10(13-6-15)21(18,19)14-7-2-3-9(8(11)4-7)20(12,16)17/h2-6,14H,1H3. The fourth-order valence-corrected chi connectivity index (χ4v) is 4.06. The summed E-state index contributed by atoms with van der Waals surface area (Å²) in [6.07, 6.45) is 2.66. The van der Waals surface area contributed by atoms with Gasteiger partial charge in [-0.15, -0.1) is 0 Å². The highest BCUT2D eigenvalue weighted by atomic mass is 35.7. The van der Waals surface area contributed by atoms with E-state index in [0.29, 0.717) is 0 Å². The van der Waals surface area contributed by atoms with Crippen molar-refractivity contribution < 1.29 is 16.8 Å². The Balaban J connectivity index is 2.35. The molecule has 114 valence electrons. The Bertz CT molecular complexity index is 891. The molecule has 0 aliphatic carbocycles. The van der Waals surface area contributed by atoms with Gasteiger partial charge in [0.05, 0.1) is 17.0 Å². The van der Waals surface area contributed by atoms with E-state index in [1.807, 2.05) is 0 Å². The lowest BCUT2D eigenvalue weighted by Crippen LogP contribution is -2.13. The van der Waals surface area contributed by atoms with Crippen LogP contribution < -0.4 is 4.72 Å². The summed E-state index contributed by atoms with van der Waals surface area (Å²) >= 11 is 5.77. The number of anilines is 1. The van der Waals surface area contributed by atoms with Crippen LogP contribution in [0.2, 0.25) is 5.02 Å². The average Bonchev–Trinajstić information content (AvgIpc) is 2.74. The molecule has 1 heterocycles. The van der Waals surface area contributed by atoms with Gasteiger partial charge in [-0.05, 0) is 18.2 Å². The number of sulfonamides is 1. The molecule has 0 bridgehead atoms. The molecule has 1 aromatic heterocycles. The topological polar surface area (TPSA) is 98.1 Å². The van der Waals surface area contributed by atoms with Gasteiger partial charge in [0, 0.05) is 23.9 Å². The lowest BCUT2D eigenvalue weighted by atomic mass is 10.3. The van der Waals surface area contributed by atoms with Gasteiger partial charge < -0.3 is 4.57 Å². The van der Waals surface area contributed by atoms with Crippen LogP contribution in [0.1, 0.15) is 0 Å². The monoisotopic (exact) mass is 369 g/mol. The fraction of sp³-hybridized carbons (Fsp3) is 0.100. The molecule has 0 aliphatic rings. The van der Waals surface area contributed by atoms with E-state index < -0.39 is 19.1 Å². The average molecular weight is 370 g/mol. The Morgan fingerprint density at radius 1 is 1.24 bits per heavy atom. The number of hydrogen-bond acceptors (Lipinski definition) is 5. The van der Waals surface area contributed by atoms with Crippen molar-refractivity contribution in [3.05, 3.63) is 35.7 Å². The number of rotatable bonds is 4. The van der Waals surface area contributed by atoms with Crippen LogP contribution in [0.5, 0.6) is 0 Å². The first kappa shape index (κ1) is 16.1. The summed E-state index contributed by atoms with van der Waals surface area (Å²) in [6.45, 7) is 0. The van der Waals surface area contributed by atoms with Gasteiger partial charge in [-0.25, -0.2) is 13.4 Å². The second kappa shape index (κ2) is 5.48. The number of aromatic nitrogens is 2. The second-order valence-electron chi connectivity index (χ2n) is 4.07. The Labute approximate surface area is 131 Å².